The van der Waals surface area contributed by atoms with Crippen LogP contribution in [0.4, 0.5) is 0 Å². The number of para-hydroxylation sites is 2. The van der Waals surface area contributed by atoms with Crippen molar-refractivity contribution in [1.29, 1.82) is 0 Å². The lowest BCUT2D eigenvalue weighted by Crippen LogP contribution is -2.39. The van der Waals surface area contributed by atoms with Gasteiger partial charge in [-0.15, -0.1) is 0 Å². The lowest BCUT2D eigenvalue weighted by atomic mass is 10.1. The quantitative estimate of drug-likeness (QED) is 0.767. The summed E-state index contributed by atoms with van der Waals surface area (Å²) in [6, 6.07) is 8.08. The van der Waals surface area contributed by atoms with Crippen LogP contribution in [0.3, 0.4) is 0 Å². The molecule has 0 bridgehead atoms. The van der Waals surface area contributed by atoms with Crippen molar-refractivity contribution in [2.75, 3.05) is 26.9 Å². The molecule has 19 heavy (non-hydrogen) atoms. The molecule has 0 amide bonds. The first-order valence-corrected chi connectivity index (χ1v) is 6.92. The van der Waals surface area contributed by atoms with Gasteiger partial charge in [0.05, 0.1) is 13.2 Å². The van der Waals surface area contributed by atoms with Crippen molar-refractivity contribution < 1.29 is 14.2 Å². The van der Waals surface area contributed by atoms with Gasteiger partial charge < -0.3 is 19.5 Å². The van der Waals surface area contributed by atoms with Crippen molar-refractivity contribution >= 4 is 0 Å². The Bertz CT molecular complexity index is 377. The number of hydrogen-bond acceptors (Lipinski definition) is 4. The maximum atomic E-state index is 5.71. The molecule has 106 valence electrons. The molecule has 4 nitrogen and oxygen atoms in total. The summed E-state index contributed by atoms with van der Waals surface area (Å²) in [6.07, 6.45) is 2.68. The second-order valence-corrected chi connectivity index (χ2v) is 4.79. The molecule has 1 aliphatic heterocycles. The first-order valence-electron chi connectivity index (χ1n) is 6.92. The van der Waals surface area contributed by atoms with Crippen molar-refractivity contribution in [3.63, 3.8) is 0 Å². The van der Waals surface area contributed by atoms with Gasteiger partial charge in [0.2, 0.25) is 0 Å². The Hall–Kier alpha value is -1.26. The molecule has 2 unspecified atom stereocenters. The van der Waals surface area contributed by atoms with E-state index in [1.807, 2.05) is 24.3 Å². The van der Waals surface area contributed by atoms with Gasteiger partial charge in [0.15, 0.2) is 11.5 Å². The van der Waals surface area contributed by atoms with E-state index in [9.17, 15) is 0 Å². The van der Waals surface area contributed by atoms with E-state index in [1.54, 1.807) is 7.11 Å². The van der Waals surface area contributed by atoms with Crippen molar-refractivity contribution in [1.82, 2.24) is 5.32 Å². The molecule has 4 heteroatoms. The second kappa shape index (κ2) is 7.36. The van der Waals surface area contributed by atoms with E-state index in [-0.39, 0.29) is 0 Å². The highest BCUT2D eigenvalue weighted by atomic mass is 16.5. The van der Waals surface area contributed by atoms with Gasteiger partial charge in [0.25, 0.3) is 0 Å². The van der Waals surface area contributed by atoms with E-state index in [0.717, 1.165) is 31.1 Å². The van der Waals surface area contributed by atoms with Crippen LogP contribution in [0.2, 0.25) is 0 Å². The van der Waals surface area contributed by atoms with Crippen LogP contribution in [-0.4, -0.2) is 39.0 Å². The molecule has 0 aromatic heterocycles. The van der Waals surface area contributed by atoms with Gasteiger partial charge >= 0.3 is 0 Å². The smallest absolute Gasteiger partial charge is 0.161 e. The summed E-state index contributed by atoms with van der Waals surface area (Å²) in [6.45, 7) is 4.49. The third-order valence-electron chi connectivity index (χ3n) is 3.42. The van der Waals surface area contributed by atoms with E-state index >= 15 is 0 Å². The Morgan fingerprint density at radius 3 is 2.84 bits per heavy atom. The molecular formula is C15H23NO3. The van der Waals surface area contributed by atoms with Gasteiger partial charge in [0.1, 0.15) is 6.61 Å². The highest BCUT2D eigenvalue weighted by Crippen LogP contribution is 2.25. The van der Waals surface area contributed by atoms with Crippen molar-refractivity contribution in [3.05, 3.63) is 24.3 Å². The summed E-state index contributed by atoms with van der Waals surface area (Å²) >= 11 is 0. The van der Waals surface area contributed by atoms with Crippen LogP contribution in [0.1, 0.15) is 19.8 Å². The molecule has 0 aliphatic carbocycles. The normalized spacial score (nSPS) is 20.2. The predicted molar refractivity (Wildman–Crippen MR) is 74.9 cm³/mol. The molecule has 2 atom stereocenters. The summed E-state index contributed by atoms with van der Waals surface area (Å²) in [5, 5.41) is 3.44. The SMILES string of the molecule is COc1ccccc1OCCNC(C)C1CCCO1. The van der Waals surface area contributed by atoms with Gasteiger partial charge in [-0.05, 0) is 31.9 Å². The van der Waals surface area contributed by atoms with Gasteiger partial charge in [-0.3, -0.25) is 0 Å². The standard InChI is InChI=1S/C15H23NO3/c1-12(13-8-5-10-18-13)16-9-11-19-15-7-4-3-6-14(15)17-2/h3-4,6-7,12-13,16H,5,8-11H2,1-2H3. The fourth-order valence-corrected chi connectivity index (χ4v) is 2.31. The van der Waals surface area contributed by atoms with Crippen LogP contribution in [0, 0.1) is 0 Å². The molecule has 1 aromatic rings. The highest BCUT2D eigenvalue weighted by molar-refractivity contribution is 5.39. The second-order valence-electron chi connectivity index (χ2n) is 4.79. The minimum atomic E-state index is 0.353. The molecule has 2 rings (SSSR count). The molecule has 1 fully saturated rings. The Balaban J connectivity index is 1.68. The summed E-state index contributed by atoms with van der Waals surface area (Å²) in [7, 11) is 1.65. The summed E-state index contributed by atoms with van der Waals surface area (Å²) in [5.74, 6) is 1.56. The van der Waals surface area contributed by atoms with Crippen LogP contribution in [0.25, 0.3) is 0 Å². The first kappa shape index (κ1) is 14.2. The first-order chi connectivity index (χ1) is 9.31. The van der Waals surface area contributed by atoms with Gasteiger partial charge in [-0.25, -0.2) is 0 Å². The average molecular weight is 265 g/mol. The Labute approximate surface area is 115 Å². The zero-order chi connectivity index (χ0) is 13.5. The summed E-state index contributed by atoms with van der Waals surface area (Å²) in [4.78, 5) is 0. The Morgan fingerprint density at radius 2 is 2.16 bits per heavy atom. The molecule has 0 spiro atoms. The molecule has 1 heterocycles. The van der Waals surface area contributed by atoms with Gasteiger partial charge in [-0.2, -0.15) is 0 Å². The monoisotopic (exact) mass is 265 g/mol. The number of rotatable bonds is 7. The number of methoxy groups -OCH3 is 1. The Morgan fingerprint density at radius 1 is 1.37 bits per heavy atom. The fraction of sp³-hybridized carbons (Fsp3) is 0.600. The van der Waals surface area contributed by atoms with E-state index in [4.69, 9.17) is 14.2 Å². The molecule has 1 aliphatic rings. The zero-order valence-corrected chi connectivity index (χ0v) is 11.7. The third-order valence-corrected chi connectivity index (χ3v) is 3.42. The lowest BCUT2D eigenvalue weighted by molar-refractivity contribution is 0.0824. The van der Waals surface area contributed by atoms with Crippen molar-refractivity contribution in [2.24, 2.45) is 0 Å². The Kier molecular flexibility index (Phi) is 5.48. The fourth-order valence-electron chi connectivity index (χ4n) is 2.31. The minimum absolute atomic E-state index is 0.353. The van der Waals surface area contributed by atoms with Crippen LogP contribution in [0.15, 0.2) is 24.3 Å². The topological polar surface area (TPSA) is 39.7 Å². The maximum Gasteiger partial charge on any atom is 0.161 e. The molecule has 1 aromatic carbocycles. The van der Waals surface area contributed by atoms with Crippen LogP contribution in [0.5, 0.6) is 11.5 Å². The van der Waals surface area contributed by atoms with Gasteiger partial charge in [-0.1, -0.05) is 12.1 Å². The molecule has 1 saturated heterocycles. The molecular weight excluding hydrogens is 242 g/mol. The summed E-state index contributed by atoms with van der Waals surface area (Å²) < 4.78 is 16.6. The number of nitrogens with one attached hydrogen (secondary N) is 1. The van der Waals surface area contributed by atoms with Crippen LogP contribution in [-0.2, 0) is 4.74 Å². The minimum Gasteiger partial charge on any atom is -0.493 e. The van der Waals surface area contributed by atoms with Crippen molar-refractivity contribution in [3.8, 4) is 11.5 Å². The number of benzene rings is 1. The van der Waals surface area contributed by atoms with E-state index < -0.39 is 0 Å². The third kappa shape index (κ3) is 4.11. The van der Waals surface area contributed by atoms with E-state index in [1.165, 1.54) is 6.42 Å². The molecule has 0 radical (unpaired) electrons. The summed E-state index contributed by atoms with van der Waals surface area (Å²) in [5.41, 5.74) is 0. The van der Waals surface area contributed by atoms with Gasteiger partial charge in [0, 0.05) is 19.2 Å². The average Bonchev–Trinajstić information content (AvgIpc) is 2.98. The highest BCUT2D eigenvalue weighted by Gasteiger charge is 2.21. The number of hydrogen-bond donors (Lipinski definition) is 1. The largest absolute Gasteiger partial charge is 0.493 e. The lowest BCUT2D eigenvalue weighted by Gasteiger charge is -2.20. The van der Waals surface area contributed by atoms with E-state index in [2.05, 4.69) is 12.2 Å². The molecule has 1 N–H and O–H groups in total. The predicted octanol–water partition coefficient (Wildman–Crippen LogP) is 2.23. The maximum absolute atomic E-state index is 5.71. The van der Waals surface area contributed by atoms with Crippen LogP contribution < -0.4 is 14.8 Å². The van der Waals surface area contributed by atoms with Crippen molar-refractivity contribution in [2.45, 2.75) is 31.9 Å². The number of ether oxygens (including phenoxy) is 3. The van der Waals surface area contributed by atoms with E-state index in [0.29, 0.717) is 18.8 Å². The zero-order valence-electron chi connectivity index (χ0n) is 11.7. The molecule has 0 saturated carbocycles. The van der Waals surface area contributed by atoms with Crippen LogP contribution >= 0.6 is 0 Å².